The molecule has 3 aliphatic rings. The van der Waals surface area contributed by atoms with Crippen LogP contribution < -0.4 is 10.8 Å². The van der Waals surface area contributed by atoms with Crippen molar-refractivity contribution in [3.8, 4) is 6.07 Å². The van der Waals surface area contributed by atoms with Crippen LogP contribution in [-0.2, 0) is 20.5 Å². The van der Waals surface area contributed by atoms with Gasteiger partial charge >= 0.3 is 6.09 Å². The van der Waals surface area contributed by atoms with Gasteiger partial charge in [0.25, 0.3) is 5.91 Å². The minimum Gasteiger partial charge on any atom is -0.453 e. The van der Waals surface area contributed by atoms with E-state index >= 15 is 0 Å². The zero-order valence-electron chi connectivity index (χ0n) is 26.1. The average Bonchev–Trinajstić information content (AvgIpc) is 3.61. The highest BCUT2D eigenvalue weighted by Crippen LogP contribution is 2.35. The number of methoxy groups -OCH3 is 1. The Balaban J connectivity index is 0.00000102. The molecular weight excluding hydrogens is 542 g/mol. The number of carbonyl (C=O) groups excluding carboxylic acids is 2. The van der Waals surface area contributed by atoms with Gasteiger partial charge in [-0.15, -0.1) is 0 Å². The Bertz CT molecular complexity index is 914. The van der Waals surface area contributed by atoms with Crippen LogP contribution >= 0.6 is 0 Å². The summed E-state index contributed by atoms with van der Waals surface area (Å²) in [5, 5.41) is 20.4. The molecule has 0 saturated carbocycles. The van der Waals surface area contributed by atoms with Gasteiger partial charge in [-0.3, -0.25) is 10.0 Å². The van der Waals surface area contributed by atoms with E-state index in [2.05, 4.69) is 39.2 Å². The standard InChI is InChI=1S/C19H33N3O5S.C5H5N.C4H9N.C2H6/c1-14(2)15(3)16-5-9-22(10-6-16)28(26)13-19(17(23)20-25)7-11-21(12-8-19)18(24)27-4;1-3-5(2)4-6;1-2-4-5-3-1;1-2/h16,25H,5-13H2,1-4H3,(H,20,23);3H,1-2H2;5H,1-4H2;1-2H3. The first kappa shape index (κ1) is 38.5. The third kappa shape index (κ3) is 13.3. The molecule has 0 radical (unpaired) electrons. The molecule has 41 heavy (non-hydrogen) atoms. The lowest BCUT2D eigenvalue weighted by atomic mass is 9.79. The maximum Gasteiger partial charge on any atom is 0.409 e. The van der Waals surface area contributed by atoms with Gasteiger partial charge in [0.05, 0.1) is 35.3 Å². The van der Waals surface area contributed by atoms with Gasteiger partial charge in [0.2, 0.25) is 0 Å². The molecule has 0 spiro atoms. The summed E-state index contributed by atoms with van der Waals surface area (Å²) in [6.07, 6.45) is 6.35. The van der Waals surface area contributed by atoms with Crippen molar-refractivity contribution >= 4 is 23.0 Å². The number of hydroxylamine groups is 1. The van der Waals surface area contributed by atoms with Crippen LogP contribution in [0.4, 0.5) is 4.79 Å². The number of nitrogens with one attached hydrogen (secondary N) is 2. The fraction of sp³-hybridized carbons (Fsp3) is 0.700. The monoisotopic (exact) mass is 595 g/mol. The van der Waals surface area contributed by atoms with E-state index < -0.39 is 28.4 Å². The Hall–Kier alpha value is -2.52. The number of rotatable bonds is 6. The summed E-state index contributed by atoms with van der Waals surface area (Å²) in [6.45, 7) is 21.7. The molecule has 1 unspecified atom stereocenters. The summed E-state index contributed by atoms with van der Waals surface area (Å²) in [7, 11) is 0.00219. The van der Waals surface area contributed by atoms with Gasteiger partial charge in [-0.2, -0.15) is 5.26 Å². The Morgan fingerprint density at radius 2 is 1.68 bits per heavy atom. The normalized spacial score (nSPS) is 18.7. The van der Waals surface area contributed by atoms with Crippen LogP contribution in [0.1, 0.15) is 73.1 Å². The van der Waals surface area contributed by atoms with Crippen molar-refractivity contribution in [3.63, 3.8) is 0 Å². The summed E-state index contributed by atoms with van der Waals surface area (Å²) < 4.78 is 19.7. The zero-order valence-corrected chi connectivity index (χ0v) is 26.9. The fourth-order valence-corrected chi connectivity index (χ4v) is 6.39. The SMILES string of the molecule is C1CCNC1.C=CC(=C)C#N.CC.COC(=O)N1CCC(CS(=O)N2CCC(C(C)=C(C)C)CC2)(C(=O)NO)CC1. The first-order valence-corrected chi connectivity index (χ1v) is 15.8. The molecule has 11 heteroatoms. The van der Waals surface area contributed by atoms with Crippen LogP contribution in [-0.4, -0.2) is 82.8 Å². The van der Waals surface area contributed by atoms with Crippen LogP contribution in [0.3, 0.4) is 0 Å². The van der Waals surface area contributed by atoms with Crippen LogP contribution in [0.2, 0.25) is 0 Å². The molecule has 0 bridgehead atoms. The van der Waals surface area contributed by atoms with Gasteiger partial charge in [-0.1, -0.05) is 44.2 Å². The average molecular weight is 596 g/mol. The number of hydrogen-bond acceptors (Lipinski definition) is 7. The van der Waals surface area contributed by atoms with Crippen molar-refractivity contribution in [1.29, 1.82) is 5.26 Å². The largest absolute Gasteiger partial charge is 0.453 e. The minimum absolute atomic E-state index is 0.153. The van der Waals surface area contributed by atoms with Crippen LogP contribution in [0, 0.1) is 22.7 Å². The predicted octanol–water partition coefficient (Wildman–Crippen LogP) is 4.72. The summed E-state index contributed by atoms with van der Waals surface area (Å²) in [5.74, 6) is 0.151. The van der Waals surface area contributed by atoms with Gasteiger partial charge < -0.3 is 15.0 Å². The molecule has 2 amide bonds. The van der Waals surface area contributed by atoms with Gasteiger partial charge in [0, 0.05) is 31.8 Å². The van der Waals surface area contributed by atoms with Gasteiger partial charge in [-0.25, -0.2) is 18.8 Å². The molecule has 234 valence electrons. The van der Waals surface area contributed by atoms with E-state index in [0.29, 0.717) is 37.4 Å². The highest BCUT2D eigenvalue weighted by Gasteiger charge is 2.45. The molecule has 3 heterocycles. The molecule has 3 rings (SSSR count). The van der Waals surface area contributed by atoms with E-state index in [0.717, 1.165) is 25.9 Å². The first-order valence-electron chi connectivity index (χ1n) is 14.5. The lowest BCUT2D eigenvalue weighted by Crippen LogP contribution is -2.53. The number of nitriles is 1. The second-order valence-electron chi connectivity index (χ2n) is 10.3. The van der Waals surface area contributed by atoms with Gasteiger partial charge in [-0.05, 0) is 78.3 Å². The number of carbonyl (C=O) groups is 2. The lowest BCUT2D eigenvalue weighted by molar-refractivity contribution is -0.141. The number of allylic oxidation sites excluding steroid dienone is 4. The Morgan fingerprint density at radius 1 is 1.15 bits per heavy atom. The number of piperidine rings is 2. The summed E-state index contributed by atoms with van der Waals surface area (Å²) in [6, 6.07) is 1.80. The van der Waals surface area contributed by atoms with E-state index in [-0.39, 0.29) is 5.75 Å². The second-order valence-corrected chi connectivity index (χ2v) is 11.8. The summed E-state index contributed by atoms with van der Waals surface area (Å²) >= 11 is 0. The number of hydrogen-bond donors (Lipinski definition) is 3. The van der Waals surface area contributed by atoms with E-state index in [1.807, 2.05) is 18.2 Å². The van der Waals surface area contributed by atoms with Crippen LogP contribution in [0.25, 0.3) is 0 Å². The number of amides is 2. The third-order valence-corrected chi connectivity index (χ3v) is 9.37. The Morgan fingerprint density at radius 3 is 2.02 bits per heavy atom. The van der Waals surface area contributed by atoms with Crippen molar-refractivity contribution in [2.24, 2.45) is 11.3 Å². The molecule has 0 aliphatic carbocycles. The molecule has 3 saturated heterocycles. The van der Waals surface area contributed by atoms with Crippen molar-refractivity contribution < 1.29 is 23.7 Å². The molecule has 3 aliphatic heterocycles. The maximum atomic E-state index is 13.0. The van der Waals surface area contributed by atoms with E-state index in [1.165, 1.54) is 55.2 Å². The Kier molecular flexibility index (Phi) is 19.9. The highest BCUT2D eigenvalue weighted by molar-refractivity contribution is 7.82. The molecule has 1 atom stereocenters. The fourth-order valence-electron chi connectivity index (χ4n) is 4.70. The molecule has 3 fully saturated rings. The van der Waals surface area contributed by atoms with Crippen molar-refractivity contribution in [1.82, 2.24) is 20.0 Å². The summed E-state index contributed by atoms with van der Waals surface area (Å²) in [4.78, 5) is 25.6. The molecular formula is C30H53N5O5S. The second kappa shape index (κ2) is 21.2. The summed E-state index contributed by atoms with van der Waals surface area (Å²) in [5.41, 5.74) is 3.96. The van der Waals surface area contributed by atoms with E-state index in [9.17, 15) is 19.0 Å². The molecule has 10 nitrogen and oxygen atoms in total. The molecule has 0 aromatic rings. The zero-order chi connectivity index (χ0) is 31.4. The molecule has 3 N–H and O–H groups in total. The maximum absolute atomic E-state index is 13.0. The van der Waals surface area contributed by atoms with Gasteiger partial charge in [0.15, 0.2) is 0 Å². The molecule has 0 aromatic heterocycles. The third-order valence-electron chi connectivity index (χ3n) is 7.63. The highest BCUT2D eigenvalue weighted by atomic mass is 32.2. The minimum atomic E-state index is -1.32. The van der Waals surface area contributed by atoms with Crippen LogP contribution in [0.15, 0.2) is 36.0 Å². The van der Waals surface area contributed by atoms with Crippen LogP contribution in [0.5, 0.6) is 0 Å². The van der Waals surface area contributed by atoms with Crippen molar-refractivity contribution in [2.45, 2.75) is 73.1 Å². The predicted molar refractivity (Wildman–Crippen MR) is 165 cm³/mol. The van der Waals surface area contributed by atoms with E-state index in [4.69, 9.17) is 10.00 Å². The van der Waals surface area contributed by atoms with Crippen molar-refractivity contribution in [3.05, 3.63) is 36.0 Å². The first-order chi connectivity index (χ1) is 19.5. The van der Waals surface area contributed by atoms with E-state index in [1.54, 1.807) is 11.5 Å². The lowest BCUT2D eigenvalue weighted by Gasteiger charge is -2.40. The quantitative estimate of drug-likeness (QED) is 0.133. The number of ether oxygens (including phenoxy) is 1. The van der Waals surface area contributed by atoms with Gasteiger partial charge in [0.1, 0.15) is 0 Å². The number of nitrogens with zero attached hydrogens (tertiary/aromatic N) is 3. The smallest absolute Gasteiger partial charge is 0.409 e. The Labute approximate surface area is 250 Å². The topological polar surface area (TPSA) is 135 Å². The van der Waals surface area contributed by atoms with Crippen molar-refractivity contribution in [2.75, 3.05) is 52.1 Å². The molecule has 0 aromatic carbocycles. The number of likely N-dealkylation sites (tertiary alicyclic amines) is 1.